The Hall–Kier alpha value is -0.680. The van der Waals surface area contributed by atoms with Gasteiger partial charge < -0.3 is 4.90 Å². The number of alkyl halides is 4. The van der Waals surface area contributed by atoms with Crippen molar-refractivity contribution in [1.82, 2.24) is 4.98 Å². The molecule has 100 valence electrons. The first kappa shape index (κ1) is 13.7. The van der Waals surface area contributed by atoms with E-state index in [1.54, 1.807) is 0 Å². The van der Waals surface area contributed by atoms with E-state index in [-0.39, 0.29) is 5.02 Å². The molecule has 0 amide bonds. The first-order chi connectivity index (χ1) is 8.43. The SMILES string of the molecule is FC(F)(F)c1cnc(N(CCCl)C2CC2)c(Cl)c1. The molecule has 1 aromatic heterocycles. The van der Waals surface area contributed by atoms with Crippen LogP contribution in [-0.4, -0.2) is 23.5 Å². The summed E-state index contributed by atoms with van der Waals surface area (Å²) in [6, 6.07) is 1.21. The number of nitrogens with zero attached hydrogens (tertiary/aromatic N) is 2. The summed E-state index contributed by atoms with van der Waals surface area (Å²) in [4.78, 5) is 5.71. The third-order valence-corrected chi connectivity index (χ3v) is 3.18. The molecular weight excluding hydrogens is 288 g/mol. The van der Waals surface area contributed by atoms with E-state index in [4.69, 9.17) is 23.2 Å². The molecule has 0 atom stereocenters. The Kier molecular flexibility index (Phi) is 3.92. The molecular formula is C11H11Cl2F3N2. The third-order valence-electron chi connectivity index (χ3n) is 2.73. The molecule has 0 spiro atoms. The summed E-state index contributed by atoms with van der Waals surface area (Å²) in [6.07, 6.45) is -1.62. The highest BCUT2D eigenvalue weighted by Gasteiger charge is 2.34. The Morgan fingerprint density at radius 2 is 2.06 bits per heavy atom. The minimum atomic E-state index is -4.42. The maximum Gasteiger partial charge on any atom is 0.417 e. The summed E-state index contributed by atoms with van der Waals surface area (Å²) in [7, 11) is 0. The Morgan fingerprint density at radius 1 is 1.39 bits per heavy atom. The zero-order valence-electron chi connectivity index (χ0n) is 9.34. The van der Waals surface area contributed by atoms with E-state index in [2.05, 4.69) is 4.98 Å². The van der Waals surface area contributed by atoms with Crippen LogP contribution in [0.2, 0.25) is 5.02 Å². The smallest absolute Gasteiger partial charge is 0.351 e. The molecule has 2 rings (SSSR count). The lowest BCUT2D eigenvalue weighted by molar-refractivity contribution is -0.137. The number of aromatic nitrogens is 1. The van der Waals surface area contributed by atoms with Crippen molar-refractivity contribution >= 4 is 29.0 Å². The molecule has 1 saturated carbocycles. The van der Waals surface area contributed by atoms with Crippen molar-refractivity contribution in [1.29, 1.82) is 0 Å². The fourth-order valence-electron chi connectivity index (χ4n) is 1.74. The van der Waals surface area contributed by atoms with Crippen LogP contribution in [0, 0.1) is 0 Å². The van der Waals surface area contributed by atoms with Gasteiger partial charge in [0.1, 0.15) is 5.82 Å². The van der Waals surface area contributed by atoms with Gasteiger partial charge in [0, 0.05) is 24.7 Å². The lowest BCUT2D eigenvalue weighted by Gasteiger charge is -2.23. The molecule has 0 saturated heterocycles. The van der Waals surface area contributed by atoms with Gasteiger partial charge in [0.25, 0.3) is 0 Å². The van der Waals surface area contributed by atoms with Crippen LogP contribution in [0.25, 0.3) is 0 Å². The molecule has 1 fully saturated rings. The van der Waals surface area contributed by atoms with Gasteiger partial charge in [-0.1, -0.05) is 11.6 Å². The van der Waals surface area contributed by atoms with E-state index >= 15 is 0 Å². The normalized spacial score (nSPS) is 15.8. The zero-order chi connectivity index (χ0) is 13.3. The fraction of sp³-hybridized carbons (Fsp3) is 0.545. The van der Waals surface area contributed by atoms with E-state index in [1.165, 1.54) is 0 Å². The Morgan fingerprint density at radius 3 is 2.50 bits per heavy atom. The standard InChI is InChI=1S/C11H11Cl2F3N2/c12-3-4-18(8-1-2-8)10-9(13)5-7(6-17-10)11(14,15)16/h5-6,8H,1-4H2. The molecule has 18 heavy (non-hydrogen) atoms. The quantitative estimate of drug-likeness (QED) is 0.782. The van der Waals surface area contributed by atoms with Gasteiger partial charge >= 0.3 is 6.18 Å². The van der Waals surface area contributed by atoms with Gasteiger partial charge in [0.2, 0.25) is 0 Å². The van der Waals surface area contributed by atoms with Crippen LogP contribution in [0.15, 0.2) is 12.3 Å². The first-order valence-corrected chi connectivity index (χ1v) is 6.40. The van der Waals surface area contributed by atoms with Crippen LogP contribution in [0.4, 0.5) is 19.0 Å². The highest BCUT2D eigenvalue weighted by molar-refractivity contribution is 6.33. The van der Waals surface area contributed by atoms with E-state index in [0.29, 0.717) is 24.3 Å². The average Bonchev–Trinajstić information content (AvgIpc) is 3.09. The molecule has 0 aromatic carbocycles. The fourth-order valence-corrected chi connectivity index (χ4v) is 2.19. The van der Waals surface area contributed by atoms with Crippen molar-refractivity contribution < 1.29 is 13.2 Å². The van der Waals surface area contributed by atoms with Gasteiger partial charge in [-0.25, -0.2) is 4.98 Å². The minimum absolute atomic E-state index is 0.0156. The number of halogens is 5. The number of hydrogen-bond donors (Lipinski definition) is 0. The number of anilines is 1. The summed E-state index contributed by atoms with van der Waals surface area (Å²) >= 11 is 11.6. The van der Waals surface area contributed by atoms with E-state index in [0.717, 1.165) is 25.1 Å². The van der Waals surface area contributed by atoms with E-state index < -0.39 is 11.7 Å². The predicted octanol–water partition coefficient (Wildman–Crippen LogP) is 3.96. The Balaban J connectivity index is 2.28. The predicted molar refractivity (Wildman–Crippen MR) is 65.3 cm³/mol. The minimum Gasteiger partial charge on any atom is -0.351 e. The van der Waals surface area contributed by atoms with Gasteiger partial charge in [-0.2, -0.15) is 13.2 Å². The highest BCUT2D eigenvalue weighted by atomic mass is 35.5. The molecule has 7 heteroatoms. The van der Waals surface area contributed by atoms with Crippen LogP contribution in [0.1, 0.15) is 18.4 Å². The molecule has 0 N–H and O–H groups in total. The lowest BCUT2D eigenvalue weighted by Crippen LogP contribution is -2.29. The van der Waals surface area contributed by atoms with Gasteiger partial charge in [-0.3, -0.25) is 0 Å². The number of pyridine rings is 1. The number of rotatable bonds is 4. The molecule has 0 unspecified atom stereocenters. The Labute approximate surface area is 113 Å². The third kappa shape index (κ3) is 3.01. The maximum atomic E-state index is 12.5. The molecule has 2 nitrogen and oxygen atoms in total. The molecule has 0 bridgehead atoms. The summed E-state index contributed by atoms with van der Waals surface area (Å²) in [5, 5.41) is 0.0156. The summed E-state index contributed by atoms with van der Waals surface area (Å²) in [5.41, 5.74) is -0.835. The molecule has 1 heterocycles. The second kappa shape index (κ2) is 5.13. The molecule has 0 radical (unpaired) electrons. The van der Waals surface area contributed by atoms with Crippen molar-refractivity contribution in [2.24, 2.45) is 0 Å². The second-order valence-corrected chi connectivity index (χ2v) is 4.93. The van der Waals surface area contributed by atoms with Crippen molar-refractivity contribution in [3.63, 3.8) is 0 Å². The molecule has 0 aliphatic heterocycles. The van der Waals surface area contributed by atoms with Crippen molar-refractivity contribution in [3.8, 4) is 0 Å². The van der Waals surface area contributed by atoms with Crippen LogP contribution < -0.4 is 4.90 Å². The average molecular weight is 299 g/mol. The van der Waals surface area contributed by atoms with E-state index in [1.807, 2.05) is 4.90 Å². The summed E-state index contributed by atoms with van der Waals surface area (Å²) < 4.78 is 37.5. The first-order valence-electron chi connectivity index (χ1n) is 5.49. The van der Waals surface area contributed by atoms with Gasteiger partial charge in [-0.05, 0) is 18.9 Å². The zero-order valence-corrected chi connectivity index (χ0v) is 10.9. The van der Waals surface area contributed by atoms with Crippen molar-refractivity contribution in [3.05, 3.63) is 22.8 Å². The molecule has 1 aliphatic carbocycles. The van der Waals surface area contributed by atoms with Crippen molar-refractivity contribution in [2.45, 2.75) is 25.1 Å². The summed E-state index contributed by atoms with van der Waals surface area (Å²) in [5.74, 6) is 0.767. The van der Waals surface area contributed by atoms with Crippen LogP contribution in [0.5, 0.6) is 0 Å². The largest absolute Gasteiger partial charge is 0.417 e. The van der Waals surface area contributed by atoms with Crippen LogP contribution in [0.3, 0.4) is 0 Å². The second-order valence-electron chi connectivity index (χ2n) is 4.14. The topological polar surface area (TPSA) is 16.1 Å². The lowest BCUT2D eigenvalue weighted by atomic mass is 10.2. The van der Waals surface area contributed by atoms with Gasteiger partial charge in [-0.15, -0.1) is 11.6 Å². The van der Waals surface area contributed by atoms with Crippen LogP contribution >= 0.6 is 23.2 Å². The monoisotopic (exact) mass is 298 g/mol. The Bertz CT molecular complexity index is 433. The molecule has 1 aromatic rings. The van der Waals surface area contributed by atoms with Gasteiger partial charge in [0.05, 0.1) is 10.6 Å². The summed E-state index contributed by atoms with van der Waals surface area (Å²) in [6.45, 7) is 0.532. The van der Waals surface area contributed by atoms with E-state index in [9.17, 15) is 13.2 Å². The van der Waals surface area contributed by atoms with Crippen LogP contribution in [-0.2, 0) is 6.18 Å². The van der Waals surface area contributed by atoms with Crippen molar-refractivity contribution in [2.75, 3.05) is 17.3 Å². The highest BCUT2D eigenvalue weighted by Crippen LogP contribution is 2.37. The van der Waals surface area contributed by atoms with Gasteiger partial charge in [0.15, 0.2) is 0 Å². The number of hydrogen-bond acceptors (Lipinski definition) is 2. The maximum absolute atomic E-state index is 12.5. The molecule has 1 aliphatic rings.